The molecule has 184 valence electrons. The van der Waals surface area contributed by atoms with Crippen LogP contribution < -0.4 is 10.2 Å². The molecule has 0 aliphatic carbocycles. The van der Waals surface area contributed by atoms with Crippen molar-refractivity contribution in [1.29, 1.82) is 0 Å². The van der Waals surface area contributed by atoms with Crippen LogP contribution in [0.4, 0.5) is 11.4 Å². The molecule has 2 aromatic rings. The number of hydrogen-bond donors (Lipinski definition) is 1. The van der Waals surface area contributed by atoms with Crippen molar-refractivity contribution in [3.8, 4) is 5.75 Å². The molecule has 2 aromatic carbocycles. The van der Waals surface area contributed by atoms with E-state index < -0.39 is 14.9 Å². The van der Waals surface area contributed by atoms with Gasteiger partial charge in [0.2, 0.25) is 10.0 Å². The van der Waals surface area contributed by atoms with Gasteiger partial charge in [0.15, 0.2) is 0 Å². The molecular formula is C23H30N4O6S. The summed E-state index contributed by atoms with van der Waals surface area (Å²) in [5, 5.41) is 15.6. The van der Waals surface area contributed by atoms with Crippen LogP contribution in [-0.2, 0) is 14.8 Å². The van der Waals surface area contributed by atoms with E-state index in [9.17, 15) is 18.5 Å². The molecule has 0 aromatic heterocycles. The van der Waals surface area contributed by atoms with E-state index in [1.54, 1.807) is 0 Å². The second kappa shape index (κ2) is 12.4. The minimum absolute atomic E-state index is 0.0919. The van der Waals surface area contributed by atoms with Gasteiger partial charge in [0.05, 0.1) is 35.9 Å². The Kier molecular flexibility index (Phi) is 9.37. The summed E-state index contributed by atoms with van der Waals surface area (Å²) in [4.78, 5) is 10.8. The number of nitrogens with zero attached hydrogens (tertiary/aromatic N) is 3. The zero-order chi connectivity index (χ0) is 24.4. The summed E-state index contributed by atoms with van der Waals surface area (Å²) in [7, 11) is -3.84. The third kappa shape index (κ3) is 6.99. The van der Waals surface area contributed by atoms with Crippen LogP contribution in [0.3, 0.4) is 0 Å². The van der Waals surface area contributed by atoms with Crippen molar-refractivity contribution in [3.05, 3.63) is 58.1 Å². The van der Waals surface area contributed by atoms with Gasteiger partial charge < -0.3 is 9.47 Å². The normalized spacial score (nSPS) is 14.9. The first kappa shape index (κ1) is 25.6. The molecule has 0 bridgehead atoms. The van der Waals surface area contributed by atoms with Crippen LogP contribution in [0.2, 0.25) is 0 Å². The van der Waals surface area contributed by atoms with Crippen molar-refractivity contribution in [3.63, 3.8) is 0 Å². The number of unbranched alkanes of at least 4 members (excludes halogenated alkanes) is 3. The molecule has 10 nitrogen and oxygen atoms in total. The number of rotatable bonds is 12. The van der Waals surface area contributed by atoms with Gasteiger partial charge in [-0.1, -0.05) is 26.2 Å². The highest BCUT2D eigenvalue weighted by atomic mass is 32.2. The summed E-state index contributed by atoms with van der Waals surface area (Å²) in [5.74, 6) is 0.773. The van der Waals surface area contributed by atoms with Crippen molar-refractivity contribution in [2.75, 3.05) is 38.3 Å². The Morgan fingerprint density at radius 3 is 2.56 bits per heavy atom. The monoisotopic (exact) mass is 490 g/mol. The number of benzene rings is 2. The number of hydrogen-bond acceptors (Lipinski definition) is 8. The van der Waals surface area contributed by atoms with Crippen molar-refractivity contribution in [1.82, 2.24) is 4.31 Å². The lowest BCUT2D eigenvalue weighted by Crippen LogP contribution is -2.40. The summed E-state index contributed by atoms with van der Waals surface area (Å²) in [5.41, 5.74) is 3.13. The van der Waals surface area contributed by atoms with Crippen LogP contribution in [0.1, 0.15) is 38.2 Å². The summed E-state index contributed by atoms with van der Waals surface area (Å²) < 4.78 is 37.8. The molecule has 0 saturated carbocycles. The molecule has 3 rings (SSSR count). The third-order valence-corrected chi connectivity index (χ3v) is 7.21. The molecule has 0 radical (unpaired) electrons. The van der Waals surface area contributed by atoms with Gasteiger partial charge >= 0.3 is 0 Å². The molecular weight excluding hydrogens is 460 g/mol. The molecule has 34 heavy (non-hydrogen) atoms. The van der Waals surface area contributed by atoms with Crippen LogP contribution in [-0.4, -0.2) is 56.8 Å². The Hall–Kier alpha value is -3.02. The number of morpholine rings is 1. The Morgan fingerprint density at radius 1 is 1.15 bits per heavy atom. The number of nitro groups is 1. The molecule has 0 amide bonds. The summed E-state index contributed by atoms with van der Waals surface area (Å²) in [6.07, 6.45) is 6.08. The first-order valence-electron chi connectivity index (χ1n) is 11.3. The van der Waals surface area contributed by atoms with E-state index in [4.69, 9.17) is 9.47 Å². The predicted octanol–water partition coefficient (Wildman–Crippen LogP) is 4.02. The fourth-order valence-corrected chi connectivity index (χ4v) is 4.83. The van der Waals surface area contributed by atoms with Gasteiger partial charge in [-0.15, -0.1) is 0 Å². The van der Waals surface area contributed by atoms with E-state index in [-0.39, 0.29) is 29.4 Å². The van der Waals surface area contributed by atoms with Crippen molar-refractivity contribution in [2.24, 2.45) is 5.10 Å². The topological polar surface area (TPSA) is 123 Å². The van der Waals surface area contributed by atoms with E-state index >= 15 is 0 Å². The van der Waals surface area contributed by atoms with Gasteiger partial charge in [-0.05, 0) is 48.4 Å². The average Bonchev–Trinajstić information content (AvgIpc) is 2.85. The average molecular weight is 491 g/mol. The third-order valence-electron chi connectivity index (χ3n) is 5.32. The summed E-state index contributed by atoms with van der Waals surface area (Å²) in [6.45, 7) is 3.85. The molecule has 1 aliphatic heterocycles. The van der Waals surface area contributed by atoms with Crippen LogP contribution >= 0.6 is 0 Å². The summed E-state index contributed by atoms with van der Waals surface area (Å²) in [6, 6.07) is 11.1. The Balaban J connectivity index is 1.63. The Labute approximate surface area is 199 Å². The number of hydrazone groups is 1. The molecule has 0 spiro atoms. The van der Waals surface area contributed by atoms with E-state index in [0.29, 0.717) is 19.8 Å². The maximum absolute atomic E-state index is 12.8. The second-order valence-corrected chi connectivity index (χ2v) is 9.74. The molecule has 0 unspecified atom stereocenters. The first-order chi connectivity index (χ1) is 16.4. The van der Waals surface area contributed by atoms with Crippen LogP contribution in [0.25, 0.3) is 0 Å². The SMILES string of the molecule is CCCCCCOc1ccc(C=NNc2ccc(S(=O)(=O)N3CCOCC3)cc2[N+](=O)[O-])cc1. The van der Waals surface area contributed by atoms with Crippen molar-refractivity contribution < 1.29 is 22.8 Å². The number of anilines is 1. The standard InChI is InChI=1S/C23H30N4O6S/c1-2-3-4-5-14-33-20-8-6-19(7-9-20)18-24-25-22-11-10-21(17-23(22)27(28)29)34(30,31)26-12-15-32-16-13-26/h6-11,17-18,25H,2-5,12-16H2,1H3. The highest BCUT2D eigenvalue weighted by molar-refractivity contribution is 7.89. The molecule has 11 heteroatoms. The minimum Gasteiger partial charge on any atom is -0.494 e. The van der Waals surface area contributed by atoms with Gasteiger partial charge in [0.1, 0.15) is 11.4 Å². The Bertz CT molecular complexity index is 1080. The zero-order valence-electron chi connectivity index (χ0n) is 19.2. The summed E-state index contributed by atoms with van der Waals surface area (Å²) >= 11 is 0. The second-order valence-electron chi connectivity index (χ2n) is 7.80. The maximum Gasteiger partial charge on any atom is 0.295 e. The fraction of sp³-hybridized carbons (Fsp3) is 0.435. The lowest BCUT2D eigenvalue weighted by molar-refractivity contribution is -0.384. The largest absolute Gasteiger partial charge is 0.494 e. The number of sulfonamides is 1. The van der Waals surface area contributed by atoms with Crippen LogP contribution in [0.5, 0.6) is 5.75 Å². The minimum atomic E-state index is -3.84. The maximum atomic E-state index is 12.8. The highest BCUT2D eigenvalue weighted by Gasteiger charge is 2.28. The smallest absolute Gasteiger partial charge is 0.295 e. The number of nitro benzene ring substituents is 1. The van der Waals surface area contributed by atoms with Gasteiger partial charge in [0.25, 0.3) is 5.69 Å². The van der Waals surface area contributed by atoms with Gasteiger partial charge in [-0.25, -0.2) is 8.42 Å². The van der Waals surface area contributed by atoms with Crippen LogP contribution in [0, 0.1) is 10.1 Å². The van der Waals surface area contributed by atoms with Crippen LogP contribution in [0.15, 0.2) is 52.5 Å². The lowest BCUT2D eigenvalue weighted by atomic mass is 10.2. The molecule has 1 heterocycles. The van der Waals surface area contributed by atoms with E-state index in [1.165, 1.54) is 35.5 Å². The van der Waals surface area contributed by atoms with Gasteiger partial charge in [0, 0.05) is 19.2 Å². The molecule has 1 fully saturated rings. The number of nitrogens with one attached hydrogen (secondary N) is 1. The number of ether oxygens (including phenoxy) is 2. The van der Waals surface area contributed by atoms with E-state index in [2.05, 4.69) is 17.5 Å². The zero-order valence-corrected chi connectivity index (χ0v) is 20.0. The van der Waals surface area contributed by atoms with Crippen molar-refractivity contribution in [2.45, 2.75) is 37.5 Å². The van der Waals surface area contributed by atoms with E-state index in [0.717, 1.165) is 30.2 Å². The molecule has 1 aliphatic rings. The molecule has 1 N–H and O–H groups in total. The molecule has 1 saturated heterocycles. The Morgan fingerprint density at radius 2 is 1.88 bits per heavy atom. The quantitative estimate of drug-likeness (QED) is 0.206. The molecule has 0 atom stereocenters. The lowest BCUT2D eigenvalue weighted by Gasteiger charge is -2.26. The highest BCUT2D eigenvalue weighted by Crippen LogP contribution is 2.29. The first-order valence-corrected chi connectivity index (χ1v) is 12.7. The van der Waals surface area contributed by atoms with Crippen molar-refractivity contribution >= 4 is 27.6 Å². The predicted molar refractivity (Wildman–Crippen MR) is 130 cm³/mol. The van der Waals surface area contributed by atoms with E-state index in [1.807, 2.05) is 24.3 Å². The fourth-order valence-electron chi connectivity index (χ4n) is 3.40. The van der Waals surface area contributed by atoms with Gasteiger partial charge in [-0.2, -0.15) is 9.41 Å². The van der Waals surface area contributed by atoms with Gasteiger partial charge in [-0.3, -0.25) is 15.5 Å².